The Labute approximate surface area is 168 Å². The number of oxazole rings is 1. The number of rotatable bonds is 7. The average Bonchev–Trinajstić information content (AvgIpc) is 3.17. The maximum Gasteiger partial charge on any atom is 0.335 e. The van der Waals surface area contributed by atoms with Crippen LogP contribution in [0.15, 0.2) is 53.1 Å². The van der Waals surface area contributed by atoms with E-state index in [1.165, 1.54) is 17.7 Å². The third kappa shape index (κ3) is 5.01. The van der Waals surface area contributed by atoms with Crippen LogP contribution in [0.5, 0.6) is 5.75 Å². The SMILES string of the molecule is CC(C)c1ccc(-c2cnc(CCC(=O)Nc3ccc(C(=O)O)cc3O)o2)cc1. The summed E-state index contributed by atoms with van der Waals surface area (Å²) in [6.45, 7) is 4.26. The van der Waals surface area contributed by atoms with Crippen LogP contribution in [0.1, 0.15) is 48.0 Å². The van der Waals surface area contributed by atoms with Gasteiger partial charge in [-0.1, -0.05) is 38.1 Å². The van der Waals surface area contributed by atoms with Crippen LogP contribution in [-0.4, -0.2) is 27.1 Å². The molecule has 0 saturated heterocycles. The molecule has 0 unspecified atom stereocenters. The maximum absolute atomic E-state index is 12.1. The van der Waals surface area contributed by atoms with Crippen molar-refractivity contribution in [1.29, 1.82) is 0 Å². The average molecular weight is 394 g/mol. The number of aryl methyl sites for hydroxylation is 1. The molecule has 0 atom stereocenters. The number of carbonyl (C=O) groups is 2. The van der Waals surface area contributed by atoms with E-state index in [1.807, 2.05) is 12.1 Å². The number of phenols is 1. The molecule has 7 heteroatoms. The van der Waals surface area contributed by atoms with Gasteiger partial charge in [0.25, 0.3) is 0 Å². The van der Waals surface area contributed by atoms with Gasteiger partial charge in [0.2, 0.25) is 5.91 Å². The first kappa shape index (κ1) is 20.1. The standard InChI is InChI=1S/C22H22N2O5/c1-13(2)14-3-5-15(6-4-14)19-12-23-21(29-19)10-9-20(26)24-17-8-7-16(22(27)28)11-18(17)25/h3-8,11-13,25H,9-10H2,1-2H3,(H,24,26)(H,27,28). The van der Waals surface area contributed by atoms with Crippen molar-refractivity contribution in [3.8, 4) is 17.1 Å². The number of hydrogen-bond donors (Lipinski definition) is 3. The Balaban J connectivity index is 1.58. The molecule has 3 rings (SSSR count). The van der Waals surface area contributed by atoms with Gasteiger partial charge in [0.05, 0.1) is 17.4 Å². The van der Waals surface area contributed by atoms with Gasteiger partial charge in [0.15, 0.2) is 11.7 Å². The van der Waals surface area contributed by atoms with E-state index >= 15 is 0 Å². The summed E-state index contributed by atoms with van der Waals surface area (Å²) in [6, 6.07) is 11.8. The number of carbonyl (C=O) groups excluding carboxylic acids is 1. The number of aromatic nitrogens is 1. The molecule has 3 N–H and O–H groups in total. The molecule has 29 heavy (non-hydrogen) atoms. The highest BCUT2D eigenvalue weighted by atomic mass is 16.4. The van der Waals surface area contributed by atoms with E-state index in [0.717, 1.165) is 11.6 Å². The smallest absolute Gasteiger partial charge is 0.335 e. The number of phenolic OH excluding ortho intramolecular Hbond substituents is 1. The Bertz CT molecular complexity index is 1020. The van der Waals surface area contributed by atoms with Crippen LogP contribution in [0, 0.1) is 0 Å². The largest absolute Gasteiger partial charge is 0.506 e. The first-order valence-electron chi connectivity index (χ1n) is 9.24. The van der Waals surface area contributed by atoms with Gasteiger partial charge >= 0.3 is 5.97 Å². The van der Waals surface area contributed by atoms with Gasteiger partial charge in [-0.3, -0.25) is 4.79 Å². The van der Waals surface area contributed by atoms with E-state index in [2.05, 4.69) is 36.3 Å². The van der Waals surface area contributed by atoms with Crippen LogP contribution in [-0.2, 0) is 11.2 Å². The fourth-order valence-corrected chi connectivity index (χ4v) is 2.80. The molecule has 150 valence electrons. The quantitative estimate of drug-likeness (QED) is 0.511. The first-order valence-corrected chi connectivity index (χ1v) is 9.24. The van der Waals surface area contributed by atoms with E-state index in [1.54, 1.807) is 6.20 Å². The zero-order chi connectivity index (χ0) is 21.0. The minimum absolute atomic E-state index is 0.0609. The normalized spacial score (nSPS) is 10.9. The van der Waals surface area contributed by atoms with Crippen molar-refractivity contribution in [2.24, 2.45) is 0 Å². The molecule has 0 saturated carbocycles. The number of anilines is 1. The third-order valence-electron chi connectivity index (χ3n) is 4.50. The second kappa shape index (κ2) is 8.60. The molecular weight excluding hydrogens is 372 g/mol. The topological polar surface area (TPSA) is 113 Å². The van der Waals surface area contributed by atoms with Crippen molar-refractivity contribution in [2.75, 3.05) is 5.32 Å². The molecule has 3 aromatic rings. The highest BCUT2D eigenvalue weighted by molar-refractivity contribution is 5.94. The summed E-state index contributed by atoms with van der Waals surface area (Å²) in [6.07, 6.45) is 2.03. The van der Waals surface area contributed by atoms with Crippen LogP contribution in [0.3, 0.4) is 0 Å². The molecule has 0 radical (unpaired) electrons. The summed E-state index contributed by atoms with van der Waals surface area (Å²) >= 11 is 0. The molecule has 1 amide bonds. The number of carboxylic acids is 1. The van der Waals surface area contributed by atoms with Crippen LogP contribution in [0.2, 0.25) is 0 Å². The first-order chi connectivity index (χ1) is 13.8. The zero-order valence-corrected chi connectivity index (χ0v) is 16.2. The minimum Gasteiger partial charge on any atom is -0.506 e. The number of aromatic carboxylic acids is 1. The molecule has 2 aromatic carbocycles. The van der Waals surface area contributed by atoms with Gasteiger partial charge in [-0.15, -0.1) is 0 Å². The van der Waals surface area contributed by atoms with Gasteiger partial charge < -0.3 is 19.9 Å². The van der Waals surface area contributed by atoms with Gasteiger partial charge in [-0.25, -0.2) is 9.78 Å². The highest BCUT2D eigenvalue weighted by Gasteiger charge is 2.12. The molecule has 0 aliphatic heterocycles. The Kier molecular flexibility index (Phi) is 5.97. The van der Waals surface area contributed by atoms with Gasteiger partial charge in [-0.05, 0) is 29.7 Å². The lowest BCUT2D eigenvalue weighted by Crippen LogP contribution is -2.12. The number of benzene rings is 2. The predicted octanol–water partition coefficient (Wildman–Crippen LogP) is 4.44. The number of nitrogens with zero attached hydrogens (tertiary/aromatic N) is 1. The zero-order valence-electron chi connectivity index (χ0n) is 16.2. The minimum atomic E-state index is -1.16. The van der Waals surface area contributed by atoms with Gasteiger partial charge in [0.1, 0.15) is 5.75 Å². The van der Waals surface area contributed by atoms with Gasteiger partial charge in [-0.2, -0.15) is 0 Å². The molecule has 1 heterocycles. The van der Waals surface area contributed by atoms with Crippen LogP contribution in [0.25, 0.3) is 11.3 Å². The number of carboxylic acid groups (broad SMARTS) is 1. The molecule has 0 aliphatic carbocycles. The number of aromatic hydroxyl groups is 1. The second-order valence-corrected chi connectivity index (χ2v) is 6.98. The maximum atomic E-state index is 12.1. The number of amides is 1. The lowest BCUT2D eigenvalue weighted by atomic mass is 10.0. The van der Waals surface area contributed by atoms with Crippen LogP contribution < -0.4 is 5.32 Å². The van der Waals surface area contributed by atoms with E-state index in [-0.39, 0.29) is 29.3 Å². The number of hydrogen-bond acceptors (Lipinski definition) is 5. The summed E-state index contributed by atoms with van der Waals surface area (Å²) in [5.41, 5.74) is 2.25. The predicted molar refractivity (Wildman–Crippen MR) is 108 cm³/mol. The van der Waals surface area contributed by atoms with Crippen molar-refractivity contribution in [3.63, 3.8) is 0 Å². The second-order valence-electron chi connectivity index (χ2n) is 6.98. The van der Waals surface area contributed by atoms with Crippen molar-refractivity contribution in [3.05, 3.63) is 65.7 Å². The fraction of sp³-hybridized carbons (Fsp3) is 0.227. The Morgan fingerprint density at radius 1 is 1.14 bits per heavy atom. The Morgan fingerprint density at radius 2 is 1.86 bits per heavy atom. The molecule has 1 aromatic heterocycles. The Morgan fingerprint density at radius 3 is 2.48 bits per heavy atom. The Hall–Kier alpha value is -3.61. The van der Waals surface area contributed by atoms with Crippen molar-refractivity contribution < 1.29 is 24.2 Å². The summed E-state index contributed by atoms with van der Waals surface area (Å²) in [7, 11) is 0. The molecule has 7 nitrogen and oxygen atoms in total. The molecule has 0 bridgehead atoms. The molecule has 0 fully saturated rings. The summed E-state index contributed by atoms with van der Waals surface area (Å²) in [5.74, 6) is -0.276. The highest BCUT2D eigenvalue weighted by Crippen LogP contribution is 2.25. The van der Waals surface area contributed by atoms with Crippen molar-refractivity contribution in [2.45, 2.75) is 32.6 Å². The number of nitrogens with one attached hydrogen (secondary N) is 1. The third-order valence-corrected chi connectivity index (χ3v) is 4.50. The summed E-state index contributed by atoms with van der Waals surface area (Å²) < 4.78 is 5.73. The molecule has 0 spiro atoms. The van der Waals surface area contributed by atoms with E-state index in [0.29, 0.717) is 24.0 Å². The van der Waals surface area contributed by atoms with Gasteiger partial charge in [0, 0.05) is 18.4 Å². The van der Waals surface area contributed by atoms with Crippen LogP contribution in [0.4, 0.5) is 5.69 Å². The lowest BCUT2D eigenvalue weighted by Gasteiger charge is -2.07. The summed E-state index contributed by atoms with van der Waals surface area (Å²) in [5, 5.41) is 21.3. The lowest BCUT2D eigenvalue weighted by molar-refractivity contribution is -0.116. The van der Waals surface area contributed by atoms with Crippen molar-refractivity contribution >= 4 is 17.6 Å². The van der Waals surface area contributed by atoms with Crippen molar-refractivity contribution in [1.82, 2.24) is 4.98 Å². The van der Waals surface area contributed by atoms with E-state index < -0.39 is 5.97 Å². The fourth-order valence-electron chi connectivity index (χ4n) is 2.80. The van der Waals surface area contributed by atoms with E-state index in [9.17, 15) is 14.7 Å². The monoisotopic (exact) mass is 394 g/mol. The van der Waals surface area contributed by atoms with E-state index in [4.69, 9.17) is 9.52 Å². The van der Waals surface area contributed by atoms with Crippen LogP contribution >= 0.6 is 0 Å². The molecule has 0 aliphatic rings. The summed E-state index contributed by atoms with van der Waals surface area (Å²) in [4.78, 5) is 27.2. The molecular formula is C22H22N2O5.